The first-order valence-corrected chi connectivity index (χ1v) is 12.7. The lowest BCUT2D eigenvalue weighted by Gasteiger charge is -2.43. The summed E-state index contributed by atoms with van der Waals surface area (Å²) in [5.41, 5.74) is 5.15. The lowest BCUT2D eigenvalue weighted by Crippen LogP contribution is -2.33. The van der Waals surface area contributed by atoms with Gasteiger partial charge in [-0.3, -0.25) is 0 Å². The van der Waals surface area contributed by atoms with E-state index in [2.05, 4.69) is 25.2 Å². The monoisotopic (exact) mass is 412 g/mol. The standard InChI is InChI=1S/C28H44O2/c1-26(2,30)15-7-17-28(18-19-28)25-14-13-24-22(9-6-16-27(24,25)3)12-11-21-8-4-5-10-23(29)20-21/h11-12,14,23-24,29-30H,4-10,13,15-20H2,1-3H3/b21-11-,22-12+/t23-,24?,27-/m0/s1. The fourth-order valence-corrected chi connectivity index (χ4v) is 6.92. The Bertz CT molecular complexity index is 715. The van der Waals surface area contributed by atoms with Crippen LogP contribution < -0.4 is 0 Å². The van der Waals surface area contributed by atoms with Gasteiger partial charge in [0.15, 0.2) is 0 Å². The summed E-state index contributed by atoms with van der Waals surface area (Å²) >= 11 is 0. The molecule has 3 atom stereocenters. The first-order chi connectivity index (χ1) is 14.2. The fourth-order valence-electron chi connectivity index (χ4n) is 6.92. The van der Waals surface area contributed by atoms with Crippen molar-refractivity contribution in [1.82, 2.24) is 0 Å². The van der Waals surface area contributed by atoms with Gasteiger partial charge >= 0.3 is 0 Å². The molecule has 4 aliphatic carbocycles. The Kier molecular flexibility index (Phi) is 6.39. The van der Waals surface area contributed by atoms with E-state index < -0.39 is 5.60 Å². The van der Waals surface area contributed by atoms with Gasteiger partial charge in [-0.25, -0.2) is 0 Å². The molecule has 2 N–H and O–H groups in total. The Morgan fingerprint density at radius 2 is 1.90 bits per heavy atom. The molecule has 0 saturated heterocycles. The Labute approximate surface area is 184 Å². The molecule has 30 heavy (non-hydrogen) atoms. The first kappa shape index (κ1) is 22.3. The fraction of sp³-hybridized carbons (Fsp3) is 0.786. The summed E-state index contributed by atoms with van der Waals surface area (Å²) in [6.45, 7) is 6.44. The van der Waals surface area contributed by atoms with Gasteiger partial charge in [-0.15, -0.1) is 0 Å². The van der Waals surface area contributed by atoms with Crippen molar-refractivity contribution in [2.45, 2.75) is 122 Å². The zero-order chi connectivity index (χ0) is 21.4. The second-order valence-electron chi connectivity index (χ2n) is 11.8. The van der Waals surface area contributed by atoms with E-state index >= 15 is 0 Å². The highest BCUT2D eigenvalue weighted by molar-refractivity contribution is 5.39. The molecule has 4 aliphatic rings. The van der Waals surface area contributed by atoms with Crippen molar-refractivity contribution in [1.29, 1.82) is 0 Å². The Morgan fingerprint density at radius 3 is 2.63 bits per heavy atom. The molecular weight excluding hydrogens is 368 g/mol. The summed E-state index contributed by atoms with van der Waals surface area (Å²) in [4.78, 5) is 0. The maximum absolute atomic E-state index is 10.2. The van der Waals surface area contributed by atoms with Crippen LogP contribution in [0.5, 0.6) is 0 Å². The number of aliphatic hydroxyl groups is 2. The molecule has 168 valence electrons. The zero-order valence-corrected chi connectivity index (χ0v) is 19.7. The molecule has 0 bridgehead atoms. The van der Waals surface area contributed by atoms with Crippen LogP contribution in [-0.2, 0) is 0 Å². The largest absolute Gasteiger partial charge is 0.393 e. The lowest BCUT2D eigenvalue weighted by molar-refractivity contribution is 0.0664. The molecule has 0 aliphatic heterocycles. The summed E-state index contributed by atoms with van der Waals surface area (Å²) in [5, 5.41) is 20.3. The highest BCUT2D eigenvalue weighted by Crippen LogP contribution is 2.67. The van der Waals surface area contributed by atoms with Gasteiger partial charge in [-0.2, -0.15) is 0 Å². The quantitative estimate of drug-likeness (QED) is 0.363. The molecule has 0 spiro atoms. The summed E-state index contributed by atoms with van der Waals surface area (Å²) in [6.07, 6.45) is 23.9. The van der Waals surface area contributed by atoms with Crippen LogP contribution in [-0.4, -0.2) is 21.9 Å². The predicted octanol–water partition coefficient (Wildman–Crippen LogP) is 7.02. The van der Waals surface area contributed by atoms with Gasteiger partial charge in [0, 0.05) is 0 Å². The Morgan fingerprint density at radius 1 is 1.10 bits per heavy atom. The van der Waals surface area contributed by atoms with Crippen molar-refractivity contribution in [2.24, 2.45) is 16.7 Å². The molecule has 3 saturated carbocycles. The van der Waals surface area contributed by atoms with E-state index in [9.17, 15) is 10.2 Å². The maximum atomic E-state index is 10.2. The third-order valence-corrected chi connectivity index (χ3v) is 8.74. The molecule has 0 aromatic heterocycles. The smallest absolute Gasteiger partial charge is 0.0591 e. The number of fused-ring (bicyclic) bond motifs is 1. The minimum Gasteiger partial charge on any atom is -0.393 e. The Balaban J connectivity index is 1.46. The van der Waals surface area contributed by atoms with Crippen LogP contribution in [0.2, 0.25) is 0 Å². The van der Waals surface area contributed by atoms with Crippen LogP contribution in [0.25, 0.3) is 0 Å². The number of rotatable bonds is 6. The van der Waals surface area contributed by atoms with Gasteiger partial charge in [0.05, 0.1) is 11.7 Å². The molecule has 2 heteroatoms. The Hall–Kier alpha value is -0.860. The van der Waals surface area contributed by atoms with E-state index in [0.29, 0.717) is 16.7 Å². The summed E-state index contributed by atoms with van der Waals surface area (Å²) in [5.74, 6) is 0.681. The second kappa shape index (κ2) is 8.58. The van der Waals surface area contributed by atoms with Crippen molar-refractivity contribution in [2.75, 3.05) is 0 Å². The van der Waals surface area contributed by atoms with Gasteiger partial charge in [0.2, 0.25) is 0 Å². The highest BCUT2D eigenvalue weighted by Gasteiger charge is 2.56. The van der Waals surface area contributed by atoms with Gasteiger partial charge in [0.1, 0.15) is 0 Å². The van der Waals surface area contributed by atoms with E-state index in [-0.39, 0.29) is 6.10 Å². The molecule has 0 amide bonds. The van der Waals surface area contributed by atoms with E-state index in [1.54, 1.807) is 11.1 Å². The molecule has 4 rings (SSSR count). The minimum atomic E-state index is -0.535. The number of aliphatic hydroxyl groups excluding tert-OH is 1. The summed E-state index contributed by atoms with van der Waals surface area (Å²) in [7, 11) is 0. The van der Waals surface area contributed by atoms with Crippen LogP contribution in [0.4, 0.5) is 0 Å². The van der Waals surface area contributed by atoms with Gasteiger partial charge in [-0.05, 0) is 114 Å². The van der Waals surface area contributed by atoms with E-state index in [0.717, 1.165) is 32.1 Å². The average Bonchev–Trinajstić information content (AvgIpc) is 3.39. The lowest BCUT2D eigenvalue weighted by atomic mass is 9.61. The normalized spacial score (nSPS) is 36.5. The van der Waals surface area contributed by atoms with E-state index in [1.165, 1.54) is 63.4 Å². The maximum Gasteiger partial charge on any atom is 0.0591 e. The average molecular weight is 413 g/mol. The third-order valence-electron chi connectivity index (χ3n) is 8.74. The second-order valence-corrected chi connectivity index (χ2v) is 11.8. The van der Waals surface area contributed by atoms with Crippen molar-refractivity contribution >= 4 is 0 Å². The van der Waals surface area contributed by atoms with Crippen LogP contribution in [0.3, 0.4) is 0 Å². The number of allylic oxidation sites excluding steroid dienone is 5. The summed E-state index contributed by atoms with van der Waals surface area (Å²) in [6, 6.07) is 0. The van der Waals surface area contributed by atoms with Crippen LogP contribution >= 0.6 is 0 Å². The first-order valence-electron chi connectivity index (χ1n) is 12.7. The molecule has 0 aromatic rings. The van der Waals surface area contributed by atoms with Crippen molar-refractivity contribution < 1.29 is 10.2 Å². The van der Waals surface area contributed by atoms with Crippen LogP contribution in [0.15, 0.2) is 34.9 Å². The third kappa shape index (κ3) is 4.80. The van der Waals surface area contributed by atoms with Crippen molar-refractivity contribution in [3.63, 3.8) is 0 Å². The predicted molar refractivity (Wildman–Crippen MR) is 125 cm³/mol. The van der Waals surface area contributed by atoms with Crippen molar-refractivity contribution in [3.05, 3.63) is 34.9 Å². The molecule has 0 heterocycles. The SMILES string of the molecule is CC(C)(O)CCCC1(C2=CCC3/C(=C/C=C4/CCCC[C@H](O)C4)CCC[C@]23C)CC1. The molecule has 0 aromatic carbocycles. The van der Waals surface area contributed by atoms with Gasteiger partial charge < -0.3 is 10.2 Å². The number of hydrogen-bond donors (Lipinski definition) is 2. The molecule has 3 fully saturated rings. The van der Waals surface area contributed by atoms with Crippen LogP contribution in [0, 0.1) is 16.7 Å². The molecular formula is C28H44O2. The minimum absolute atomic E-state index is 0.132. The number of hydrogen-bond acceptors (Lipinski definition) is 2. The van der Waals surface area contributed by atoms with Gasteiger partial charge in [-0.1, -0.05) is 48.3 Å². The summed E-state index contributed by atoms with van der Waals surface area (Å²) < 4.78 is 0. The topological polar surface area (TPSA) is 40.5 Å². The molecule has 2 nitrogen and oxygen atoms in total. The molecule has 1 unspecified atom stereocenters. The van der Waals surface area contributed by atoms with Gasteiger partial charge in [0.25, 0.3) is 0 Å². The molecule has 0 radical (unpaired) electrons. The van der Waals surface area contributed by atoms with Crippen molar-refractivity contribution in [3.8, 4) is 0 Å². The zero-order valence-electron chi connectivity index (χ0n) is 19.7. The highest BCUT2D eigenvalue weighted by atomic mass is 16.3. The van der Waals surface area contributed by atoms with E-state index in [4.69, 9.17) is 0 Å². The van der Waals surface area contributed by atoms with E-state index in [1.807, 2.05) is 13.8 Å². The van der Waals surface area contributed by atoms with Crippen LogP contribution in [0.1, 0.15) is 111 Å².